The van der Waals surface area contributed by atoms with Crippen LogP contribution in [0.15, 0.2) is 54.6 Å². The van der Waals surface area contributed by atoms with Crippen LogP contribution in [0.4, 0.5) is 35.9 Å². The Morgan fingerprint density at radius 3 is 2.47 bits per heavy atom. The minimum atomic E-state index is -4.78. The Hall–Kier alpha value is -5.02. The molecule has 318 valence electrons. The van der Waals surface area contributed by atoms with Gasteiger partial charge >= 0.3 is 6.18 Å². The molecule has 3 aromatic rings. The molecule has 18 heteroatoms. The molecule has 0 aromatic heterocycles. The van der Waals surface area contributed by atoms with E-state index in [1.807, 2.05) is 25.1 Å². The lowest BCUT2D eigenvalue weighted by Gasteiger charge is -2.41. The van der Waals surface area contributed by atoms with Crippen molar-refractivity contribution in [2.45, 2.75) is 81.7 Å². The van der Waals surface area contributed by atoms with Gasteiger partial charge in [0.25, 0.3) is 5.91 Å². The van der Waals surface area contributed by atoms with Gasteiger partial charge in [-0.1, -0.05) is 18.5 Å². The molecule has 2 atom stereocenters. The molecule has 0 radical (unpaired) electrons. The zero-order valence-electron chi connectivity index (χ0n) is 33.4. The van der Waals surface area contributed by atoms with Crippen LogP contribution in [0.3, 0.4) is 0 Å². The normalized spacial score (nSPS) is 21.5. The number of rotatable bonds is 12. The van der Waals surface area contributed by atoms with Gasteiger partial charge in [0.2, 0.25) is 17.7 Å². The number of piperazine rings is 1. The van der Waals surface area contributed by atoms with Gasteiger partial charge in [0.1, 0.15) is 23.9 Å². The predicted molar refractivity (Wildman–Crippen MR) is 224 cm³/mol. The molecule has 2 unspecified atom stereocenters. The molecule has 3 N–H and O–H groups in total. The molecule has 1 aliphatic carbocycles. The highest BCUT2D eigenvalue weighted by atomic mass is 35.5. The maximum absolute atomic E-state index is 13.8. The number of nitrogens with zero attached hydrogens (tertiary/aromatic N) is 5. The number of nitriles is 1. The van der Waals surface area contributed by atoms with E-state index in [1.54, 1.807) is 43.0 Å². The van der Waals surface area contributed by atoms with E-state index in [0.29, 0.717) is 60.4 Å². The number of piperidine rings is 1. The number of carbonyl (C=O) groups excluding carboxylic acids is 4. The predicted octanol–water partition coefficient (Wildman–Crippen LogP) is 6.02. The highest BCUT2D eigenvalue weighted by Crippen LogP contribution is 2.45. The maximum atomic E-state index is 13.8. The van der Waals surface area contributed by atoms with Crippen LogP contribution in [-0.4, -0.2) is 95.4 Å². The van der Waals surface area contributed by atoms with Crippen molar-refractivity contribution in [3.05, 3.63) is 76.3 Å². The molecular formula is C42H46ClF3N8O5S. The summed E-state index contributed by atoms with van der Waals surface area (Å²) in [7, 11) is 0. The minimum absolute atomic E-state index is 0.0103. The molecule has 3 saturated heterocycles. The number of carbonyl (C=O) groups is 4. The number of halogens is 4. The summed E-state index contributed by atoms with van der Waals surface area (Å²) < 4.78 is 47.7. The van der Waals surface area contributed by atoms with E-state index in [1.165, 1.54) is 11.0 Å². The number of nitrogens with one attached hydrogen (secondary N) is 3. The zero-order valence-corrected chi connectivity index (χ0v) is 35.0. The average molecular weight is 867 g/mol. The number of alkyl halides is 3. The molecule has 7 rings (SSSR count). The summed E-state index contributed by atoms with van der Waals surface area (Å²) >= 11 is 11.1. The number of hydrogen-bond donors (Lipinski definition) is 4. The van der Waals surface area contributed by atoms with Gasteiger partial charge in [-0.2, -0.15) is 18.4 Å². The second kappa shape index (κ2) is 16.8. The van der Waals surface area contributed by atoms with E-state index in [0.717, 1.165) is 43.6 Å². The molecule has 3 heterocycles. The number of aryl methyl sites for hydroxylation is 1. The monoisotopic (exact) mass is 866 g/mol. The standard InChI is InChI=1S/C42H46ClF3N8O5S/c1-4-25-17-31(54-39(60)53(38(58)40(54,2)3)30-6-5-26(22-47)32(21-30)42(44,45)46)7-9-34(25)59-16-15-51-13-14-52(41(24-51)11-12-41)23-36(56)49-29-19-27(43)18-28(20-29)48-33-8-10-35(55)50-37(33)57/h5-7,9,17-21,33,39,48,60H,4,8,10-16,23-24H2,1-3H3,(H,49,56)(H,50,55,57). The number of amides is 4. The van der Waals surface area contributed by atoms with Crippen LogP contribution in [0.2, 0.25) is 5.02 Å². The first-order valence-corrected chi connectivity index (χ1v) is 20.7. The Bertz CT molecular complexity index is 2250. The Labute approximate surface area is 356 Å². The van der Waals surface area contributed by atoms with Gasteiger partial charge in [-0.05, 0) is 99.7 Å². The molecule has 0 bridgehead atoms. The summed E-state index contributed by atoms with van der Waals surface area (Å²) in [5.41, 5.74) is -1.25. The molecular weight excluding hydrogens is 821 g/mol. The van der Waals surface area contributed by atoms with Gasteiger partial charge < -0.3 is 20.3 Å². The summed E-state index contributed by atoms with van der Waals surface area (Å²) in [4.78, 5) is 58.3. The first-order chi connectivity index (χ1) is 28.4. The van der Waals surface area contributed by atoms with Gasteiger partial charge in [-0.3, -0.25) is 39.2 Å². The summed E-state index contributed by atoms with van der Waals surface area (Å²) in [6.07, 6.45) is -1.62. The van der Waals surface area contributed by atoms with Crippen molar-refractivity contribution < 1.29 is 37.1 Å². The lowest BCUT2D eigenvalue weighted by molar-refractivity contribution is -0.138. The smallest absolute Gasteiger partial charge is 0.417 e. The number of imide groups is 1. The van der Waals surface area contributed by atoms with Crippen molar-refractivity contribution >= 4 is 70.6 Å². The lowest BCUT2D eigenvalue weighted by atomic mass is 10.0. The Morgan fingerprint density at radius 1 is 1.05 bits per heavy atom. The van der Waals surface area contributed by atoms with Crippen molar-refractivity contribution in [1.82, 2.24) is 15.1 Å². The van der Waals surface area contributed by atoms with Gasteiger partial charge in [0, 0.05) is 65.9 Å². The van der Waals surface area contributed by atoms with E-state index in [-0.39, 0.29) is 36.0 Å². The summed E-state index contributed by atoms with van der Waals surface area (Å²) in [6, 6.07) is 14.8. The van der Waals surface area contributed by atoms with E-state index in [2.05, 4.69) is 25.8 Å². The molecule has 3 aliphatic heterocycles. The topological polar surface area (TPSA) is 150 Å². The SMILES string of the molecule is CCc1cc(N2C(S)N(c3ccc(C#N)c(C(F)(F)F)c3)C(=O)C2(C)C)ccc1OCCN1CCN(CC(=O)Nc2cc(Cl)cc(NC3CCC(=O)NC3=O)c2)C2(CC2)C1. The Balaban J connectivity index is 0.936. The van der Waals surface area contributed by atoms with Crippen LogP contribution >= 0.6 is 24.2 Å². The summed E-state index contributed by atoms with van der Waals surface area (Å²) in [6.45, 7) is 8.93. The van der Waals surface area contributed by atoms with Gasteiger partial charge in [-0.15, -0.1) is 12.6 Å². The lowest BCUT2D eigenvalue weighted by Crippen LogP contribution is -2.57. The Morgan fingerprint density at radius 2 is 1.78 bits per heavy atom. The maximum Gasteiger partial charge on any atom is 0.417 e. The highest BCUT2D eigenvalue weighted by molar-refractivity contribution is 7.81. The van der Waals surface area contributed by atoms with Gasteiger partial charge in [-0.25, -0.2) is 0 Å². The minimum Gasteiger partial charge on any atom is -0.492 e. The largest absolute Gasteiger partial charge is 0.492 e. The van der Waals surface area contributed by atoms with Crippen LogP contribution in [-0.2, 0) is 31.8 Å². The number of ether oxygens (including phenoxy) is 1. The van der Waals surface area contributed by atoms with Crippen LogP contribution in [0, 0.1) is 11.3 Å². The van der Waals surface area contributed by atoms with E-state index in [4.69, 9.17) is 29.0 Å². The molecule has 1 spiro atoms. The molecule has 3 aromatic carbocycles. The molecule has 4 aliphatic rings. The fraction of sp³-hybridized carbons (Fsp3) is 0.452. The molecule has 4 amide bonds. The summed E-state index contributed by atoms with van der Waals surface area (Å²) in [5.74, 6) is -0.635. The number of hydrogen-bond acceptors (Lipinski definition) is 11. The number of benzene rings is 3. The molecule has 4 fully saturated rings. The van der Waals surface area contributed by atoms with Crippen molar-refractivity contribution in [3.8, 4) is 11.8 Å². The number of thiol groups is 1. The van der Waals surface area contributed by atoms with Crippen molar-refractivity contribution in [2.75, 3.05) is 59.8 Å². The summed E-state index contributed by atoms with van der Waals surface area (Å²) in [5, 5.41) is 18.0. The van der Waals surface area contributed by atoms with Crippen LogP contribution in [0.25, 0.3) is 0 Å². The highest BCUT2D eigenvalue weighted by Gasteiger charge is 2.53. The second-order valence-electron chi connectivity index (χ2n) is 16.1. The Kier molecular flexibility index (Phi) is 12.1. The number of anilines is 4. The van der Waals surface area contributed by atoms with Crippen molar-refractivity contribution in [3.63, 3.8) is 0 Å². The van der Waals surface area contributed by atoms with E-state index >= 15 is 0 Å². The van der Waals surface area contributed by atoms with E-state index in [9.17, 15) is 37.6 Å². The molecule has 13 nitrogen and oxygen atoms in total. The third kappa shape index (κ3) is 8.88. The van der Waals surface area contributed by atoms with Gasteiger partial charge in [0.15, 0.2) is 5.50 Å². The first kappa shape index (κ1) is 43.1. The molecule has 60 heavy (non-hydrogen) atoms. The van der Waals surface area contributed by atoms with Crippen LogP contribution in [0.5, 0.6) is 5.75 Å². The van der Waals surface area contributed by atoms with E-state index < -0.39 is 46.2 Å². The quantitative estimate of drug-likeness (QED) is 0.126. The first-order valence-electron chi connectivity index (χ1n) is 19.8. The zero-order chi connectivity index (χ0) is 43.1. The average Bonchev–Trinajstić information content (AvgIpc) is 3.92. The van der Waals surface area contributed by atoms with Crippen molar-refractivity contribution in [1.29, 1.82) is 5.26 Å². The fourth-order valence-electron chi connectivity index (χ4n) is 8.35. The second-order valence-corrected chi connectivity index (χ2v) is 17.0. The van der Waals surface area contributed by atoms with Crippen LogP contribution in [0.1, 0.15) is 63.1 Å². The van der Waals surface area contributed by atoms with Crippen LogP contribution < -0.4 is 30.5 Å². The van der Waals surface area contributed by atoms with Gasteiger partial charge in [0.05, 0.1) is 23.7 Å². The van der Waals surface area contributed by atoms with Crippen molar-refractivity contribution in [2.24, 2.45) is 0 Å². The third-order valence-electron chi connectivity index (χ3n) is 11.7. The molecule has 1 saturated carbocycles. The third-order valence-corrected chi connectivity index (χ3v) is 12.4. The fourth-order valence-corrected chi connectivity index (χ4v) is 9.24.